The van der Waals surface area contributed by atoms with Gasteiger partial charge in [-0.3, -0.25) is 9.89 Å². The summed E-state index contributed by atoms with van der Waals surface area (Å²) < 4.78 is 0. The van der Waals surface area contributed by atoms with Gasteiger partial charge in [0.15, 0.2) is 0 Å². The fraction of sp³-hybridized carbons (Fsp3) is 0.250. The van der Waals surface area contributed by atoms with Crippen molar-refractivity contribution in [3.63, 3.8) is 0 Å². The van der Waals surface area contributed by atoms with Gasteiger partial charge in [-0.15, -0.1) is 0 Å². The number of aromatic amines is 1. The molecular weight excluding hydrogens is 216 g/mol. The highest BCUT2D eigenvalue weighted by Crippen LogP contribution is 2.07. The summed E-state index contributed by atoms with van der Waals surface area (Å²) in [5, 5.41) is 6.23. The quantitative estimate of drug-likeness (QED) is 0.866. The number of carbonyl (C=O) groups excluding carboxylic acids is 1. The van der Waals surface area contributed by atoms with Crippen molar-refractivity contribution in [3.05, 3.63) is 47.5 Å². The maximum atomic E-state index is 11.9. The lowest BCUT2D eigenvalue weighted by molar-refractivity contribution is 0.0773. The third-order valence-electron chi connectivity index (χ3n) is 2.47. The normalized spacial score (nSPS) is 10.2. The standard InChI is InChI=1S/C12H14N4O/c1-9-4-3-5-10(6-9)7-16(2)12(17)11-13-8-14-15-11/h3-6,8H,7H2,1-2H3,(H,13,14,15). The van der Waals surface area contributed by atoms with Crippen LogP contribution < -0.4 is 0 Å². The third-order valence-corrected chi connectivity index (χ3v) is 2.47. The molecule has 5 heteroatoms. The molecule has 0 aliphatic heterocycles. The molecule has 1 amide bonds. The zero-order valence-electron chi connectivity index (χ0n) is 9.84. The van der Waals surface area contributed by atoms with Crippen molar-refractivity contribution in [2.45, 2.75) is 13.5 Å². The van der Waals surface area contributed by atoms with Gasteiger partial charge in [-0.2, -0.15) is 5.10 Å². The highest BCUT2D eigenvalue weighted by molar-refractivity contribution is 5.90. The van der Waals surface area contributed by atoms with Crippen LogP contribution in [0.25, 0.3) is 0 Å². The van der Waals surface area contributed by atoms with Gasteiger partial charge in [-0.25, -0.2) is 4.98 Å². The Morgan fingerprint density at radius 3 is 2.94 bits per heavy atom. The molecule has 0 saturated heterocycles. The molecule has 0 aliphatic carbocycles. The van der Waals surface area contributed by atoms with Crippen LogP contribution >= 0.6 is 0 Å². The maximum absolute atomic E-state index is 11.9. The summed E-state index contributed by atoms with van der Waals surface area (Å²) in [6, 6.07) is 8.07. The fourth-order valence-corrected chi connectivity index (χ4v) is 1.65. The summed E-state index contributed by atoms with van der Waals surface area (Å²) in [4.78, 5) is 17.3. The second kappa shape index (κ2) is 4.78. The summed E-state index contributed by atoms with van der Waals surface area (Å²) in [6.07, 6.45) is 1.33. The van der Waals surface area contributed by atoms with Crippen LogP contribution in [0.2, 0.25) is 0 Å². The Morgan fingerprint density at radius 2 is 2.29 bits per heavy atom. The van der Waals surface area contributed by atoms with E-state index in [1.807, 2.05) is 25.1 Å². The SMILES string of the molecule is Cc1cccc(CN(C)C(=O)c2ncn[nH]2)c1. The lowest BCUT2D eigenvalue weighted by Crippen LogP contribution is -2.27. The summed E-state index contributed by atoms with van der Waals surface area (Å²) in [7, 11) is 1.74. The minimum absolute atomic E-state index is 0.163. The van der Waals surface area contributed by atoms with Crippen molar-refractivity contribution < 1.29 is 4.79 Å². The summed E-state index contributed by atoms with van der Waals surface area (Å²) in [6.45, 7) is 2.59. The number of carbonyl (C=O) groups is 1. The number of H-pyrrole nitrogens is 1. The van der Waals surface area contributed by atoms with E-state index in [0.717, 1.165) is 5.56 Å². The van der Waals surface area contributed by atoms with Crippen LogP contribution in [0.3, 0.4) is 0 Å². The average molecular weight is 230 g/mol. The molecule has 1 heterocycles. The summed E-state index contributed by atoms with van der Waals surface area (Å²) >= 11 is 0. The Hall–Kier alpha value is -2.17. The molecule has 1 aromatic heterocycles. The molecule has 0 radical (unpaired) electrons. The molecule has 2 aromatic rings. The lowest BCUT2D eigenvalue weighted by atomic mass is 10.1. The average Bonchev–Trinajstić information content (AvgIpc) is 2.81. The molecule has 0 fully saturated rings. The van der Waals surface area contributed by atoms with Crippen molar-refractivity contribution in [3.8, 4) is 0 Å². The van der Waals surface area contributed by atoms with E-state index in [0.29, 0.717) is 6.54 Å². The fourth-order valence-electron chi connectivity index (χ4n) is 1.65. The van der Waals surface area contributed by atoms with Crippen LogP contribution in [-0.2, 0) is 6.54 Å². The maximum Gasteiger partial charge on any atom is 0.291 e. The van der Waals surface area contributed by atoms with Gasteiger partial charge in [0.2, 0.25) is 5.82 Å². The molecule has 5 nitrogen and oxygen atoms in total. The molecule has 0 bridgehead atoms. The number of hydrogen-bond acceptors (Lipinski definition) is 3. The minimum atomic E-state index is -0.163. The monoisotopic (exact) mass is 230 g/mol. The third kappa shape index (κ3) is 2.69. The first-order valence-corrected chi connectivity index (χ1v) is 5.33. The topological polar surface area (TPSA) is 61.9 Å². The first kappa shape index (κ1) is 11.3. The molecule has 88 valence electrons. The number of aromatic nitrogens is 3. The summed E-state index contributed by atoms with van der Waals surface area (Å²) in [5.74, 6) is 0.101. The van der Waals surface area contributed by atoms with Crippen molar-refractivity contribution in [2.24, 2.45) is 0 Å². The molecule has 0 aliphatic rings. The molecule has 0 unspecified atom stereocenters. The zero-order valence-corrected chi connectivity index (χ0v) is 9.84. The van der Waals surface area contributed by atoms with Gasteiger partial charge >= 0.3 is 0 Å². The van der Waals surface area contributed by atoms with Crippen molar-refractivity contribution >= 4 is 5.91 Å². The van der Waals surface area contributed by atoms with Gasteiger partial charge in [-0.05, 0) is 12.5 Å². The molecular formula is C12H14N4O. The second-order valence-corrected chi connectivity index (χ2v) is 3.98. The van der Waals surface area contributed by atoms with Crippen LogP contribution in [0.5, 0.6) is 0 Å². The van der Waals surface area contributed by atoms with E-state index < -0.39 is 0 Å². The van der Waals surface area contributed by atoms with E-state index in [1.54, 1.807) is 11.9 Å². The Balaban J connectivity index is 2.07. The number of amides is 1. The highest BCUT2D eigenvalue weighted by atomic mass is 16.2. The zero-order chi connectivity index (χ0) is 12.3. The Labute approximate surface area is 99.5 Å². The van der Waals surface area contributed by atoms with E-state index in [2.05, 4.69) is 21.2 Å². The molecule has 17 heavy (non-hydrogen) atoms. The van der Waals surface area contributed by atoms with Crippen LogP contribution in [0.15, 0.2) is 30.6 Å². The second-order valence-electron chi connectivity index (χ2n) is 3.98. The van der Waals surface area contributed by atoms with Gasteiger partial charge in [0, 0.05) is 13.6 Å². The van der Waals surface area contributed by atoms with E-state index in [4.69, 9.17) is 0 Å². The van der Waals surface area contributed by atoms with E-state index in [-0.39, 0.29) is 11.7 Å². The predicted molar refractivity (Wildman–Crippen MR) is 63.4 cm³/mol. The number of hydrogen-bond donors (Lipinski definition) is 1. The first-order valence-electron chi connectivity index (χ1n) is 5.33. The largest absolute Gasteiger partial charge is 0.335 e. The molecule has 2 rings (SSSR count). The Bertz CT molecular complexity index is 507. The van der Waals surface area contributed by atoms with Crippen LogP contribution in [0.1, 0.15) is 21.7 Å². The molecule has 0 saturated carbocycles. The smallest absolute Gasteiger partial charge is 0.291 e. The first-order chi connectivity index (χ1) is 8.16. The van der Waals surface area contributed by atoms with E-state index >= 15 is 0 Å². The molecule has 1 aromatic carbocycles. The van der Waals surface area contributed by atoms with Gasteiger partial charge in [0.05, 0.1) is 0 Å². The van der Waals surface area contributed by atoms with Crippen LogP contribution in [0, 0.1) is 6.92 Å². The van der Waals surface area contributed by atoms with Crippen molar-refractivity contribution in [1.82, 2.24) is 20.1 Å². The van der Waals surface area contributed by atoms with E-state index in [1.165, 1.54) is 11.9 Å². The van der Waals surface area contributed by atoms with Gasteiger partial charge in [-0.1, -0.05) is 29.8 Å². The summed E-state index contributed by atoms with van der Waals surface area (Å²) in [5.41, 5.74) is 2.28. The predicted octanol–water partition coefficient (Wildman–Crippen LogP) is 1.39. The number of nitrogens with one attached hydrogen (secondary N) is 1. The minimum Gasteiger partial charge on any atom is -0.335 e. The van der Waals surface area contributed by atoms with Crippen LogP contribution in [-0.4, -0.2) is 33.0 Å². The lowest BCUT2D eigenvalue weighted by Gasteiger charge is -2.15. The number of benzene rings is 1. The Morgan fingerprint density at radius 1 is 1.47 bits per heavy atom. The number of rotatable bonds is 3. The molecule has 0 atom stereocenters. The van der Waals surface area contributed by atoms with Gasteiger partial charge in [0.25, 0.3) is 5.91 Å². The number of aryl methyl sites for hydroxylation is 1. The number of nitrogens with zero attached hydrogens (tertiary/aromatic N) is 3. The van der Waals surface area contributed by atoms with Crippen molar-refractivity contribution in [2.75, 3.05) is 7.05 Å². The molecule has 0 spiro atoms. The highest BCUT2D eigenvalue weighted by Gasteiger charge is 2.14. The van der Waals surface area contributed by atoms with E-state index in [9.17, 15) is 4.79 Å². The Kier molecular flexibility index (Phi) is 3.18. The van der Waals surface area contributed by atoms with Crippen molar-refractivity contribution in [1.29, 1.82) is 0 Å². The van der Waals surface area contributed by atoms with Crippen LogP contribution in [0.4, 0.5) is 0 Å². The van der Waals surface area contributed by atoms with Gasteiger partial charge in [0.1, 0.15) is 6.33 Å². The van der Waals surface area contributed by atoms with Gasteiger partial charge < -0.3 is 4.90 Å². The molecule has 1 N–H and O–H groups in total.